The summed E-state index contributed by atoms with van der Waals surface area (Å²) in [4.78, 5) is 5.39. The second kappa shape index (κ2) is 8.04. The number of nitrogens with zero attached hydrogens (tertiary/aromatic N) is 2. The topological polar surface area (TPSA) is 60.2 Å². The van der Waals surface area contributed by atoms with Crippen LogP contribution in [0.2, 0.25) is 0 Å². The lowest BCUT2D eigenvalue weighted by Crippen LogP contribution is -2.18. The first-order valence-electron chi connectivity index (χ1n) is 6.48. The van der Waals surface area contributed by atoms with Crippen LogP contribution in [0.3, 0.4) is 0 Å². The Morgan fingerprint density at radius 2 is 2.30 bits per heavy atom. The first-order valence-corrected chi connectivity index (χ1v) is 7.47. The molecule has 2 aromatic rings. The maximum atomic E-state index is 5.10. The van der Waals surface area contributed by atoms with Crippen LogP contribution in [-0.2, 0) is 17.0 Å². The molecule has 20 heavy (non-hydrogen) atoms. The van der Waals surface area contributed by atoms with E-state index in [2.05, 4.69) is 39.7 Å². The van der Waals surface area contributed by atoms with Gasteiger partial charge in [-0.3, -0.25) is 0 Å². The lowest BCUT2D eigenvalue weighted by atomic mass is 10.2. The predicted molar refractivity (Wildman–Crippen MR) is 78.6 cm³/mol. The van der Waals surface area contributed by atoms with Crippen molar-refractivity contribution in [3.05, 3.63) is 41.5 Å². The van der Waals surface area contributed by atoms with Gasteiger partial charge < -0.3 is 14.6 Å². The zero-order valence-electron chi connectivity index (χ0n) is 11.8. The Labute approximate surface area is 123 Å². The van der Waals surface area contributed by atoms with E-state index in [0.29, 0.717) is 17.5 Å². The van der Waals surface area contributed by atoms with E-state index in [-0.39, 0.29) is 0 Å². The minimum absolute atomic E-state index is 0.663. The summed E-state index contributed by atoms with van der Waals surface area (Å²) in [6, 6.07) is 8.44. The average molecular weight is 293 g/mol. The van der Waals surface area contributed by atoms with E-state index in [1.165, 1.54) is 10.5 Å². The summed E-state index contributed by atoms with van der Waals surface area (Å²) in [5.41, 5.74) is 1.26. The van der Waals surface area contributed by atoms with Crippen molar-refractivity contribution in [1.82, 2.24) is 15.5 Å². The largest absolute Gasteiger partial charge is 0.383 e. The number of nitrogens with one attached hydrogen (secondary N) is 1. The molecular formula is C14H19N3O2S. The molecule has 0 amide bonds. The summed E-state index contributed by atoms with van der Waals surface area (Å²) in [5.74, 6) is 2.04. The number of benzene rings is 1. The van der Waals surface area contributed by atoms with Crippen LogP contribution >= 0.6 is 11.8 Å². The molecule has 0 unspecified atom stereocenters. The number of thioether (sulfide) groups is 1. The van der Waals surface area contributed by atoms with Gasteiger partial charge in [0.05, 0.1) is 12.4 Å². The molecule has 6 heteroatoms. The van der Waals surface area contributed by atoms with Crippen molar-refractivity contribution in [1.29, 1.82) is 0 Å². The zero-order chi connectivity index (χ0) is 14.2. The summed E-state index contributed by atoms with van der Waals surface area (Å²) in [5, 5.41) is 7.11. The van der Waals surface area contributed by atoms with E-state index in [9.17, 15) is 0 Å². The molecule has 1 N–H and O–H groups in total. The van der Waals surface area contributed by atoms with Crippen molar-refractivity contribution in [2.24, 2.45) is 0 Å². The van der Waals surface area contributed by atoms with Gasteiger partial charge in [0.25, 0.3) is 0 Å². The van der Waals surface area contributed by atoms with Crippen LogP contribution < -0.4 is 5.32 Å². The standard InChI is InChI=1S/C14H19N3O2S/c1-11-16-14(19-17-11)10-20-13-5-3-4-12(8-13)9-15-6-7-18-2/h3-5,8,15H,6-7,9-10H2,1-2H3. The van der Waals surface area contributed by atoms with Crippen molar-refractivity contribution in [2.45, 2.75) is 24.1 Å². The third kappa shape index (κ3) is 4.96. The third-order valence-electron chi connectivity index (χ3n) is 2.64. The van der Waals surface area contributed by atoms with E-state index in [1.807, 2.05) is 6.92 Å². The molecule has 0 radical (unpaired) electrons. The van der Waals surface area contributed by atoms with Crippen molar-refractivity contribution < 1.29 is 9.26 Å². The monoisotopic (exact) mass is 293 g/mol. The Morgan fingerprint density at radius 3 is 3.05 bits per heavy atom. The number of hydrogen-bond acceptors (Lipinski definition) is 6. The highest BCUT2D eigenvalue weighted by Gasteiger charge is 2.04. The molecule has 0 saturated carbocycles. The average Bonchev–Trinajstić information content (AvgIpc) is 2.88. The van der Waals surface area contributed by atoms with Gasteiger partial charge in [0.2, 0.25) is 5.89 Å². The van der Waals surface area contributed by atoms with E-state index in [0.717, 1.165) is 19.7 Å². The minimum Gasteiger partial charge on any atom is -0.383 e. The molecular weight excluding hydrogens is 274 g/mol. The molecule has 1 heterocycles. The molecule has 2 rings (SSSR count). The van der Waals surface area contributed by atoms with E-state index in [4.69, 9.17) is 9.26 Å². The van der Waals surface area contributed by atoms with Crippen molar-refractivity contribution >= 4 is 11.8 Å². The number of aromatic nitrogens is 2. The van der Waals surface area contributed by atoms with Crippen LogP contribution in [0.4, 0.5) is 0 Å². The zero-order valence-corrected chi connectivity index (χ0v) is 12.6. The Hall–Kier alpha value is -1.37. The van der Waals surface area contributed by atoms with E-state index >= 15 is 0 Å². The van der Waals surface area contributed by atoms with Gasteiger partial charge in [-0.05, 0) is 24.6 Å². The Kier molecular flexibility index (Phi) is 6.04. The number of aryl methyl sites for hydroxylation is 1. The van der Waals surface area contributed by atoms with Crippen LogP contribution in [-0.4, -0.2) is 30.4 Å². The highest BCUT2D eigenvalue weighted by Crippen LogP contribution is 2.22. The Balaban J connectivity index is 1.82. The molecule has 1 aromatic heterocycles. The first kappa shape index (κ1) is 15.0. The van der Waals surface area contributed by atoms with Gasteiger partial charge in [-0.25, -0.2) is 0 Å². The summed E-state index contributed by atoms with van der Waals surface area (Å²) in [7, 11) is 1.71. The SMILES string of the molecule is COCCNCc1cccc(SCc2nc(C)no2)c1. The fraction of sp³-hybridized carbons (Fsp3) is 0.429. The second-order valence-corrected chi connectivity index (χ2v) is 5.39. The Bertz CT molecular complexity index is 531. The molecule has 1 aromatic carbocycles. The highest BCUT2D eigenvalue weighted by atomic mass is 32.2. The smallest absolute Gasteiger partial charge is 0.236 e. The van der Waals surface area contributed by atoms with Gasteiger partial charge in [0.1, 0.15) is 0 Å². The summed E-state index contributed by atoms with van der Waals surface area (Å²) in [6.45, 7) is 4.25. The van der Waals surface area contributed by atoms with Crippen molar-refractivity contribution in [3.63, 3.8) is 0 Å². The Morgan fingerprint density at radius 1 is 1.40 bits per heavy atom. The van der Waals surface area contributed by atoms with Crippen LogP contribution in [0.5, 0.6) is 0 Å². The van der Waals surface area contributed by atoms with Crippen molar-refractivity contribution in [3.8, 4) is 0 Å². The second-order valence-electron chi connectivity index (χ2n) is 4.34. The molecule has 0 bridgehead atoms. The number of ether oxygens (including phenoxy) is 1. The highest BCUT2D eigenvalue weighted by molar-refractivity contribution is 7.98. The summed E-state index contributed by atoms with van der Waals surface area (Å²) >= 11 is 1.70. The van der Waals surface area contributed by atoms with Gasteiger partial charge in [-0.2, -0.15) is 4.98 Å². The quantitative estimate of drug-likeness (QED) is 0.596. The van der Waals surface area contributed by atoms with Gasteiger partial charge in [-0.15, -0.1) is 11.8 Å². The van der Waals surface area contributed by atoms with Crippen LogP contribution in [0.15, 0.2) is 33.7 Å². The molecule has 0 saturated heterocycles. The van der Waals surface area contributed by atoms with E-state index < -0.39 is 0 Å². The van der Waals surface area contributed by atoms with E-state index in [1.54, 1.807) is 18.9 Å². The van der Waals surface area contributed by atoms with Gasteiger partial charge in [-0.1, -0.05) is 17.3 Å². The minimum atomic E-state index is 0.663. The molecule has 108 valence electrons. The molecule has 0 atom stereocenters. The maximum Gasteiger partial charge on any atom is 0.236 e. The van der Waals surface area contributed by atoms with Gasteiger partial charge in [0.15, 0.2) is 5.82 Å². The van der Waals surface area contributed by atoms with Gasteiger partial charge >= 0.3 is 0 Å². The number of hydrogen-bond donors (Lipinski definition) is 1. The molecule has 0 spiro atoms. The number of methoxy groups -OCH3 is 1. The maximum absolute atomic E-state index is 5.10. The summed E-state index contributed by atoms with van der Waals surface area (Å²) < 4.78 is 10.1. The van der Waals surface area contributed by atoms with Gasteiger partial charge in [0, 0.05) is 25.1 Å². The lowest BCUT2D eigenvalue weighted by molar-refractivity contribution is 0.199. The first-order chi connectivity index (χ1) is 9.78. The van der Waals surface area contributed by atoms with Crippen LogP contribution in [0.1, 0.15) is 17.3 Å². The predicted octanol–water partition coefficient (Wildman–Crippen LogP) is 2.41. The van der Waals surface area contributed by atoms with Crippen LogP contribution in [0.25, 0.3) is 0 Å². The molecule has 0 aliphatic heterocycles. The molecule has 0 aliphatic rings. The molecule has 5 nitrogen and oxygen atoms in total. The fourth-order valence-corrected chi connectivity index (χ4v) is 2.51. The molecule has 0 fully saturated rings. The lowest BCUT2D eigenvalue weighted by Gasteiger charge is -2.06. The number of rotatable bonds is 8. The molecule has 0 aliphatic carbocycles. The summed E-state index contributed by atoms with van der Waals surface area (Å²) in [6.07, 6.45) is 0. The fourth-order valence-electron chi connectivity index (χ4n) is 1.70. The van der Waals surface area contributed by atoms with Crippen LogP contribution in [0, 0.1) is 6.92 Å². The van der Waals surface area contributed by atoms with Crippen molar-refractivity contribution in [2.75, 3.05) is 20.3 Å². The normalized spacial score (nSPS) is 10.9. The third-order valence-corrected chi connectivity index (χ3v) is 3.62.